The highest BCUT2D eigenvalue weighted by Crippen LogP contribution is 2.33. The minimum atomic E-state index is 0.234. The highest BCUT2D eigenvalue weighted by atomic mass is 16.3. The van der Waals surface area contributed by atoms with Gasteiger partial charge in [-0.15, -0.1) is 0 Å². The number of hydrogen-bond donors (Lipinski definition) is 3. The topological polar surface area (TPSA) is 87.9 Å². The van der Waals surface area contributed by atoms with Crippen LogP contribution in [0, 0.1) is 5.92 Å². The largest absolute Gasteiger partial charge is 0.508 e. The van der Waals surface area contributed by atoms with Gasteiger partial charge in [-0.3, -0.25) is 0 Å². The Hall–Kier alpha value is -3.80. The molecule has 0 saturated heterocycles. The molecule has 1 unspecified atom stereocenters. The Kier molecular flexibility index (Phi) is 6.45. The van der Waals surface area contributed by atoms with Gasteiger partial charge in [0.1, 0.15) is 11.6 Å². The lowest BCUT2D eigenvalue weighted by atomic mass is 9.85. The molecule has 1 saturated carbocycles. The summed E-state index contributed by atoms with van der Waals surface area (Å²) in [5.41, 5.74) is 13.4. The van der Waals surface area contributed by atoms with E-state index in [0.717, 1.165) is 52.0 Å². The summed E-state index contributed by atoms with van der Waals surface area (Å²) in [5, 5.41) is 18.4. The molecule has 0 radical (unpaired) electrons. The highest BCUT2D eigenvalue weighted by Gasteiger charge is 2.24. The van der Waals surface area contributed by atoms with Gasteiger partial charge in [-0.1, -0.05) is 57.0 Å². The fraction of sp³-hybridized carbons (Fsp3) is 0.310. The Morgan fingerprint density at radius 3 is 2.69 bits per heavy atom. The number of phenolic OH excluding ortho intramolecular Hbond substituents is 1. The van der Waals surface area contributed by atoms with Gasteiger partial charge >= 0.3 is 0 Å². The molecule has 2 aromatic carbocycles. The van der Waals surface area contributed by atoms with E-state index in [1.54, 1.807) is 12.1 Å². The van der Waals surface area contributed by atoms with Crippen molar-refractivity contribution >= 4 is 22.7 Å². The number of rotatable bonds is 6. The Morgan fingerprint density at radius 1 is 1.11 bits per heavy atom. The smallest absolute Gasteiger partial charge is 0.135 e. The normalized spacial score (nSPS) is 18.6. The minimum Gasteiger partial charge on any atom is -0.508 e. The van der Waals surface area contributed by atoms with Crippen molar-refractivity contribution in [3.63, 3.8) is 0 Å². The Bertz CT molecular complexity index is 1360. The molecule has 1 aliphatic carbocycles. The summed E-state index contributed by atoms with van der Waals surface area (Å²) >= 11 is 0. The van der Waals surface area contributed by atoms with Crippen LogP contribution in [0.4, 0.5) is 11.4 Å². The third kappa shape index (κ3) is 4.74. The van der Waals surface area contributed by atoms with Crippen molar-refractivity contribution in [1.29, 1.82) is 0 Å². The van der Waals surface area contributed by atoms with E-state index >= 15 is 0 Å². The average molecular weight is 468 g/mol. The van der Waals surface area contributed by atoms with E-state index in [1.165, 1.54) is 19.3 Å². The van der Waals surface area contributed by atoms with Gasteiger partial charge < -0.3 is 16.2 Å². The molecule has 4 aromatic rings. The van der Waals surface area contributed by atoms with Crippen molar-refractivity contribution in [2.45, 2.75) is 52.0 Å². The van der Waals surface area contributed by atoms with Crippen molar-refractivity contribution in [3.05, 3.63) is 78.1 Å². The maximum atomic E-state index is 9.88. The van der Waals surface area contributed by atoms with Gasteiger partial charge in [0.2, 0.25) is 0 Å². The van der Waals surface area contributed by atoms with E-state index in [9.17, 15) is 5.11 Å². The van der Waals surface area contributed by atoms with Gasteiger partial charge in [0, 0.05) is 17.8 Å². The van der Waals surface area contributed by atoms with Gasteiger partial charge in [0.25, 0.3) is 0 Å². The van der Waals surface area contributed by atoms with Gasteiger partial charge in [-0.25, -0.2) is 9.51 Å². The lowest BCUT2D eigenvalue weighted by Gasteiger charge is -2.31. The number of aryl methyl sites for hydroxylation is 1. The number of aromatic nitrogens is 2. The van der Waals surface area contributed by atoms with Crippen molar-refractivity contribution in [1.82, 2.24) is 9.61 Å². The summed E-state index contributed by atoms with van der Waals surface area (Å²) in [6.45, 7) is 4.37. The second kappa shape index (κ2) is 9.82. The third-order valence-electron chi connectivity index (χ3n) is 7.15. The highest BCUT2D eigenvalue weighted by molar-refractivity contribution is 6.06. The molecule has 2 heterocycles. The zero-order chi connectivity index (χ0) is 24.4. The quantitative estimate of drug-likeness (QED) is 0.229. The van der Waals surface area contributed by atoms with Crippen molar-refractivity contribution in [3.8, 4) is 16.9 Å². The molecule has 0 spiro atoms. The standard InChI is InChI=1S/C29H33N5O/c1-3-20-15-23(35)13-14-26(20)33-29(30)24-17-31-34-18-22(21-10-5-4-6-11-21)16-27(34)28(24)32-25-12-8-7-9-19(25)2/h4-6,10-11,13-19,25,32,35H,3,7-9,12H2,1-2H3,(H2,30,33)/t19?,25-/m1/s1. The summed E-state index contributed by atoms with van der Waals surface area (Å²) in [5.74, 6) is 1.22. The van der Waals surface area contributed by atoms with E-state index in [0.29, 0.717) is 17.8 Å². The monoisotopic (exact) mass is 467 g/mol. The fourth-order valence-corrected chi connectivity index (χ4v) is 5.06. The lowest BCUT2D eigenvalue weighted by Crippen LogP contribution is -2.32. The number of nitrogens with zero attached hydrogens (tertiary/aromatic N) is 3. The zero-order valence-corrected chi connectivity index (χ0v) is 20.4. The first-order chi connectivity index (χ1) is 17.0. The maximum Gasteiger partial charge on any atom is 0.135 e. The fourth-order valence-electron chi connectivity index (χ4n) is 5.06. The molecule has 2 atom stereocenters. The van der Waals surface area contributed by atoms with E-state index in [4.69, 9.17) is 15.8 Å². The second-order valence-corrected chi connectivity index (χ2v) is 9.53. The zero-order valence-electron chi connectivity index (χ0n) is 20.4. The van der Waals surface area contributed by atoms with Crippen molar-refractivity contribution in [2.24, 2.45) is 16.6 Å². The molecule has 35 heavy (non-hydrogen) atoms. The van der Waals surface area contributed by atoms with E-state index in [2.05, 4.69) is 36.6 Å². The van der Waals surface area contributed by atoms with Crippen LogP contribution in [0.25, 0.3) is 16.6 Å². The number of phenols is 1. The number of aromatic hydroxyl groups is 1. The number of nitrogens with one attached hydrogen (secondary N) is 1. The first-order valence-corrected chi connectivity index (χ1v) is 12.5. The van der Waals surface area contributed by atoms with Crippen LogP contribution in [0.1, 0.15) is 50.7 Å². The van der Waals surface area contributed by atoms with E-state index in [-0.39, 0.29) is 5.75 Å². The maximum absolute atomic E-state index is 9.88. The number of hydrogen-bond acceptors (Lipinski definition) is 4. The molecule has 0 aliphatic heterocycles. The number of anilines is 1. The Morgan fingerprint density at radius 2 is 1.91 bits per heavy atom. The molecule has 0 amide bonds. The van der Waals surface area contributed by atoms with Gasteiger partial charge in [-0.05, 0) is 60.6 Å². The predicted molar refractivity (Wildman–Crippen MR) is 144 cm³/mol. The van der Waals surface area contributed by atoms with E-state index in [1.807, 2.05) is 41.9 Å². The molecule has 0 bridgehead atoms. The van der Waals surface area contributed by atoms with E-state index < -0.39 is 0 Å². The molecule has 6 nitrogen and oxygen atoms in total. The molecule has 4 N–H and O–H groups in total. The van der Waals surface area contributed by atoms with Crippen LogP contribution in [0.5, 0.6) is 5.75 Å². The van der Waals surface area contributed by atoms with Gasteiger partial charge in [-0.2, -0.15) is 5.10 Å². The average Bonchev–Trinajstić information content (AvgIpc) is 3.32. The molecule has 180 valence electrons. The van der Waals surface area contributed by atoms with Crippen molar-refractivity contribution in [2.75, 3.05) is 5.32 Å². The second-order valence-electron chi connectivity index (χ2n) is 9.53. The third-order valence-corrected chi connectivity index (χ3v) is 7.15. The SMILES string of the molecule is CCc1cc(O)ccc1N=C(N)c1cnn2cc(-c3ccccc3)cc2c1N[C@@H]1CCCCC1C. The number of fused-ring (bicyclic) bond motifs is 1. The molecule has 5 rings (SSSR count). The molecule has 2 aromatic heterocycles. The van der Waals surface area contributed by atoms with Crippen LogP contribution in [0.3, 0.4) is 0 Å². The molecule has 1 aliphatic rings. The number of nitrogens with two attached hydrogens (primary N) is 1. The van der Waals surface area contributed by atoms with Crippen LogP contribution in [-0.4, -0.2) is 26.6 Å². The van der Waals surface area contributed by atoms with Crippen LogP contribution in [0.2, 0.25) is 0 Å². The summed E-state index contributed by atoms with van der Waals surface area (Å²) in [7, 11) is 0. The van der Waals surface area contributed by atoms with Gasteiger partial charge in [0.15, 0.2) is 0 Å². The Balaban J connectivity index is 1.63. The van der Waals surface area contributed by atoms with Crippen LogP contribution in [0.15, 0.2) is 72.0 Å². The summed E-state index contributed by atoms with van der Waals surface area (Å²) in [6, 6.07) is 18.1. The number of aliphatic imine (C=N–C) groups is 1. The summed E-state index contributed by atoms with van der Waals surface area (Å²) in [6.07, 6.45) is 9.49. The van der Waals surface area contributed by atoms with Crippen LogP contribution >= 0.6 is 0 Å². The predicted octanol–water partition coefficient (Wildman–Crippen LogP) is 6.30. The van der Waals surface area contributed by atoms with Crippen LogP contribution in [-0.2, 0) is 6.42 Å². The number of benzene rings is 2. The van der Waals surface area contributed by atoms with Crippen LogP contribution < -0.4 is 11.1 Å². The molecular formula is C29H33N5O. The molecular weight excluding hydrogens is 434 g/mol. The Labute approximate surface area is 206 Å². The van der Waals surface area contributed by atoms with Crippen molar-refractivity contribution < 1.29 is 5.11 Å². The van der Waals surface area contributed by atoms with Gasteiger partial charge in [0.05, 0.1) is 28.7 Å². The molecule has 6 heteroatoms. The lowest BCUT2D eigenvalue weighted by molar-refractivity contribution is 0.349. The summed E-state index contributed by atoms with van der Waals surface area (Å²) in [4.78, 5) is 4.78. The molecule has 1 fully saturated rings. The minimum absolute atomic E-state index is 0.234. The number of amidine groups is 1. The first-order valence-electron chi connectivity index (χ1n) is 12.5. The first kappa shape index (κ1) is 23.0. The summed E-state index contributed by atoms with van der Waals surface area (Å²) < 4.78 is 1.92.